The fourth-order valence-corrected chi connectivity index (χ4v) is 2.10. The summed E-state index contributed by atoms with van der Waals surface area (Å²) in [5, 5.41) is 8.83. The molecule has 0 aliphatic rings. The Kier molecular flexibility index (Phi) is 4.02. The number of rotatable bonds is 4. The molecule has 0 saturated heterocycles. The molecule has 1 N–H and O–H groups in total. The minimum atomic E-state index is -4.38. The van der Waals surface area contributed by atoms with Crippen molar-refractivity contribution in [2.24, 2.45) is 0 Å². The first-order valence-corrected chi connectivity index (χ1v) is 6.26. The van der Waals surface area contributed by atoms with E-state index in [4.69, 9.17) is 5.11 Å². The van der Waals surface area contributed by atoms with E-state index in [0.717, 1.165) is 12.1 Å². The highest BCUT2D eigenvalue weighted by atomic mass is 19.4. The number of imidazole rings is 1. The Balaban J connectivity index is 2.38. The zero-order valence-electron chi connectivity index (χ0n) is 11.2. The number of alkyl halides is 3. The molecule has 4 nitrogen and oxygen atoms in total. The largest absolute Gasteiger partial charge is 0.481 e. The quantitative estimate of drug-likeness (QED) is 0.943. The Morgan fingerprint density at radius 1 is 1.29 bits per heavy atom. The van der Waals surface area contributed by atoms with Gasteiger partial charge < -0.3 is 9.67 Å². The van der Waals surface area contributed by atoms with E-state index in [0.29, 0.717) is 23.6 Å². The second-order valence-corrected chi connectivity index (χ2v) is 4.46. The van der Waals surface area contributed by atoms with E-state index < -0.39 is 17.7 Å². The Labute approximate surface area is 118 Å². The van der Waals surface area contributed by atoms with Crippen LogP contribution in [0.2, 0.25) is 0 Å². The first-order valence-electron chi connectivity index (χ1n) is 6.26. The summed E-state index contributed by atoms with van der Waals surface area (Å²) in [5.74, 6) is -0.522. The molecule has 0 spiro atoms. The topological polar surface area (TPSA) is 55.1 Å². The van der Waals surface area contributed by atoms with Crippen LogP contribution < -0.4 is 0 Å². The Bertz CT molecular complexity index is 645. The van der Waals surface area contributed by atoms with Gasteiger partial charge in [0, 0.05) is 24.0 Å². The fourth-order valence-electron chi connectivity index (χ4n) is 2.10. The molecule has 2 aromatic rings. The summed E-state index contributed by atoms with van der Waals surface area (Å²) in [6.45, 7) is 2.31. The molecule has 7 heteroatoms. The first-order chi connectivity index (χ1) is 9.82. The molecular weight excluding hydrogens is 285 g/mol. The van der Waals surface area contributed by atoms with E-state index >= 15 is 0 Å². The third kappa shape index (κ3) is 3.24. The van der Waals surface area contributed by atoms with Gasteiger partial charge in [0.2, 0.25) is 0 Å². The maximum atomic E-state index is 12.5. The highest BCUT2D eigenvalue weighted by molar-refractivity contribution is 5.70. The molecule has 0 bridgehead atoms. The van der Waals surface area contributed by atoms with Gasteiger partial charge in [0.15, 0.2) is 0 Å². The second kappa shape index (κ2) is 5.59. The van der Waals surface area contributed by atoms with Crippen LogP contribution >= 0.6 is 0 Å². The number of hydrogen-bond acceptors (Lipinski definition) is 2. The van der Waals surface area contributed by atoms with Crippen LogP contribution in [0.3, 0.4) is 0 Å². The maximum Gasteiger partial charge on any atom is 0.416 e. The SMILES string of the molecule is CCn1c(CC(=O)O)cnc1-c1ccc(C(F)(F)F)cc1. The number of halogens is 3. The lowest BCUT2D eigenvalue weighted by molar-refractivity contribution is -0.138. The van der Waals surface area contributed by atoms with Gasteiger partial charge in [0.05, 0.1) is 12.0 Å². The number of nitrogens with zero attached hydrogens (tertiary/aromatic N) is 2. The zero-order valence-corrected chi connectivity index (χ0v) is 11.2. The van der Waals surface area contributed by atoms with Crippen LogP contribution in [0.15, 0.2) is 30.5 Å². The number of aromatic nitrogens is 2. The van der Waals surface area contributed by atoms with Gasteiger partial charge in [-0.25, -0.2) is 4.98 Å². The van der Waals surface area contributed by atoms with Crippen LogP contribution in [0.1, 0.15) is 18.2 Å². The summed E-state index contributed by atoms with van der Waals surface area (Å²) in [7, 11) is 0. The molecule has 1 aromatic heterocycles. The average Bonchev–Trinajstić information content (AvgIpc) is 2.79. The fraction of sp³-hybridized carbons (Fsp3) is 0.286. The smallest absolute Gasteiger partial charge is 0.416 e. The Hall–Kier alpha value is -2.31. The van der Waals surface area contributed by atoms with Crippen LogP contribution in [0.4, 0.5) is 13.2 Å². The zero-order chi connectivity index (χ0) is 15.6. The van der Waals surface area contributed by atoms with Crippen molar-refractivity contribution in [1.29, 1.82) is 0 Å². The van der Waals surface area contributed by atoms with Crippen molar-refractivity contribution in [3.63, 3.8) is 0 Å². The van der Waals surface area contributed by atoms with Crippen molar-refractivity contribution >= 4 is 5.97 Å². The van der Waals surface area contributed by atoms with Gasteiger partial charge in [0.25, 0.3) is 0 Å². The lowest BCUT2D eigenvalue weighted by Gasteiger charge is -2.10. The van der Waals surface area contributed by atoms with Crippen molar-refractivity contribution < 1.29 is 23.1 Å². The lowest BCUT2D eigenvalue weighted by Crippen LogP contribution is -2.08. The third-order valence-electron chi connectivity index (χ3n) is 3.06. The van der Waals surface area contributed by atoms with E-state index in [1.807, 2.05) is 6.92 Å². The van der Waals surface area contributed by atoms with Gasteiger partial charge in [0.1, 0.15) is 5.82 Å². The normalized spacial score (nSPS) is 11.6. The summed E-state index contributed by atoms with van der Waals surface area (Å²) < 4.78 is 39.3. The first kappa shape index (κ1) is 15.1. The molecule has 0 amide bonds. The van der Waals surface area contributed by atoms with Crippen LogP contribution in [0.5, 0.6) is 0 Å². The molecule has 0 unspecified atom stereocenters. The molecular formula is C14H13F3N2O2. The summed E-state index contributed by atoms with van der Waals surface area (Å²) >= 11 is 0. The molecule has 0 fully saturated rings. The van der Waals surface area contributed by atoms with E-state index in [2.05, 4.69) is 4.98 Å². The standard InChI is InChI=1S/C14H13F3N2O2/c1-2-19-11(7-12(20)21)8-18-13(19)9-3-5-10(6-4-9)14(15,16)17/h3-6,8H,2,7H2,1H3,(H,20,21). The van der Waals surface area contributed by atoms with Crippen LogP contribution in [0, 0.1) is 0 Å². The monoisotopic (exact) mass is 298 g/mol. The van der Waals surface area contributed by atoms with E-state index in [9.17, 15) is 18.0 Å². The number of benzene rings is 1. The minimum absolute atomic E-state index is 0.179. The second-order valence-electron chi connectivity index (χ2n) is 4.46. The number of carbonyl (C=O) groups is 1. The molecule has 21 heavy (non-hydrogen) atoms. The van der Waals surface area contributed by atoms with Crippen LogP contribution in [0.25, 0.3) is 11.4 Å². The number of hydrogen-bond donors (Lipinski definition) is 1. The molecule has 0 aliphatic heterocycles. The minimum Gasteiger partial charge on any atom is -0.481 e. The molecule has 0 saturated carbocycles. The Morgan fingerprint density at radius 2 is 1.90 bits per heavy atom. The van der Waals surface area contributed by atoms with E-state index in [1.165, 1.54) is 18.3 Å². The van der Waals surface area contributed by atoms with Crippen molar-refractivity contribution in [2.75, 3.05) is 0 Å². The van der Waals surface area contributed by atoms with E-state index in [-0.39, 0.29) is 6.42 Å². The molecule has 0 aliphatic carbocycles. The summed E-state index contributed by atoms with van der Waals surface area (Å²) in [5.41, 5.74) is 0.299. The summed E-state index contributed by atoms with van der Waals surface area (Å²) in [6, 6.07) is 4.64. The van der Waals surface area contributed by atoms with Crippen molar-refractivity contribution in [1.82, 2.24) is 9.55 Å². The van der Waals surface area contributed by atoms with Gasteiger partial charge in [-0.3, -0.25) is 4.79 Å². The molecule has 2 rings (SSSR count). The molecule has 0 radical (unpaired) electrons. The maximum absolute atomic E-state index is 12.5. The highest BCUT2D eigenvalue weighted by Crippen LogP contribution is 2.30. The van der Waals surface area contributed by atoms with Crippen molar-refractivity contribution in [3.8, 4) is 11.4 Å². The average molecular weight is 298 g/mol. The van der Waals surface area contributed by atoms with Gasteiger partial charge in [-0.05, 0) is 19.1 Å². The number of carboxylic acids is 1. The lowest BCUT2D eigenvalue weighted by atomic mass is 10.1. The third-order valence-corrected chi connectivity index (χ3v) is 3.06. The van der Waals surface area contributed by atoms with Gasteiger partial charge >= 0.3 is 12.1 Å². The molecule has 0 atom stereocenters. The van der Waals surface area contributed by atoms with Crippen LogP contribution in [-0.2, 0) is 23.9 Å². The van der Waals surface area contributed by atoms with Gasteiger partial charge in [-0.1, -0.05) is 12.1 Å². The number of carboxylic acid groups (broad SMARTS) is 1. The number of aliphatic carboxylic acids is 1. The van der Waals surface area contributed by atoms with Crippen molar-refractivity contribution in [2.45, 2.75) is 26.1 Å². The predicted octanol–water partition coefficient (Wildman–Crippen LogP) is 3.22. The van der Waals surface area contributed by atoms with Crippen molar-refractivity contribution in [3.05, 3.63) is 41.7 Å². The van der Waals surface area contributed by atoms with Gasteiger partial charge in [-0.2, -0.15) is 13.2 Å². The van der Waals surface area contributed by atoms with Gasteiger partial charge in [-0.15, -0.1) is 0 Å². The summed E-state index contributed by atoms with van der Waals surface area (Å²) in [6.07, 6.45) is -3.13. The molecule has 112 valence electrons. The predicted molar refractivity (Wildman–Crippen MR) is 69.7 cm³/mol. The Morgan fingerprint density at radius 3 is 2.38 bits per heavy atom. The molecule has 1 heterocycles. The highest BCUT2D eigenvalue weighted by Gasteiger charge is 2.30. The molecule has 1 aromatic carbocycles. The van der Waals surface area contributed by atoms with Crippen LogP contribution in [-0.4, -0.2) is 20.6 Å². The van der Waals surface area contributed by atoms with E-state index in [1.54, 1.807) is 4.57 Å². The summed E-state index contributed by atoms with van der Waals surface area (Å²) in [4.78, 5) is 14.9.